The Bertz CT molecular complexity index is 1200. The molecule has 1 radical (unpaired) electrons. The summed E-state index contributed by atoms with van der Waals surface area (Å²) in [6.07, 6.45) is 0. The standard InChI is InChI=1S/C21H19FN4O.Mn/c1-4-25(5-2)18-12-17-15(11-16(18)22)20-19(13(3)23-17)21(27)26(24-20)14-9-7-6-8-10-14;/h6-12,24H,1-2,4-5H2,3H3;/q-2;+2. The first kappa shape index (κ1) is 20.1. The van der Waals surface area contributed by atoms with Gasteiger partial charge in [0, 0.05) is 5.39 Å². The van der Waals surface area contributed by atoms with E-state index in [1.54, 1.807) is 17.9 Å². The molecule has 0 fully saturated rings. The number of rotatable bonds is 4. The molecule has 143 valence electrons. The Morgan fingerprint density at radius 1 is 1.18 bits per heavy atom. The summed E-state index contributed by atoms with van der Waals surface area (Å²) in [5, 5.41) is 4.16. The molecule has 0 amide bonds. The van der Waals surface area contributed by atoms with E-state index in [-0.39, 0.29) is 22.6 Å². The van der Waals surface area contributed by atoms with E-state index in [9.17, 15) is 9.18 Å². The van der Waals surface area contributed by atoms with Crippen LogP contribution in [-0.2, 0) is 17.1 Å². The minimum Gasteiger partial charge on any atom is -0.429 e. The normalized spacial score (nSPS) is 11.0. The van der Waals surface area contributed by atoms with Crippen LogP contribution in [0.15, 0.2) is 47.3 Å². The average Bonchev–Trinajstić information content (AvgIpc) is 3.03. The van der Waals surface area contributed by atoms with Crippen molar-refractivity contribution in [3.8, 4) is 5.69 Å². The molecule has 7 heteroatoms. The molecule has 0 saturated carbocycles. The molecule has 4 rings (SSSR count). The Morgan fingerprint density at radius 2 is 1.86 bits per heavy atom. The van der Waals surface area contributed by atoms with Crippen molar-refractivity contribution in [2.45, 2.75) is 6.92 Å². The van der Waals surface area contributed by atoms with Gasteiger partial charge in [0.2, 0.25) is 0 Å². The van der Waals surface area contributed by atoms with E-state index < -0.39 is 5.82 Å². The first-order valence-corrected chi connectivity index (χ1v) is 8.68. The van der Waals surface area contributed by atoms with E-state index in [1.165, 1.54) is 10.7 Å². The van der Waals surface area contributed by atoms with Crippen LogP contribution in [0.5, 0.6) is 0 Å². The summed E-state index contributed by atoms with van der Waals surface area (Å²) >= 11 is 0. The fourth-order valence-electron chi connectivity index (χ4n) is 3.40. The van der Waals surface area contributed by atoms with Crippen LogP contribution in [0.2, 0.25) is 0 Å². The van der Waals surface area contributed by atoms with Crippen molar-refractivity contribution < 1.29 is 21.5 Å². The molecule has 28 heavy (non-hydrogen) atoms. The zero-order chi connectivity index (χ0) is 19.1. The molecule has 0 aliphatic rings. The Kier molecular flexibility index (Phi) is 5.59. The minimum atomic E-state index is -0.393. The Labute approximate surface area is 172 Å². The number of para-hydroxylation sites is 1. The number of aromatic nitrogens is 3. The van der Waals surface area contributed by atoms with Crippen LogP contribution in [0.4, 0.5) is 10.1 Å². The number of halogens is 1. The number of benzene rings is 2. The van der Waals surface area contributed by atoms with E-state index in [2.05, 4.69) is 23.9 Å². The average molecular weight is 417 g/mol. The predicted molar refractivity (Wildman–Crippen MR) is 107 cm³/mol. The number of fused-ring (bicyclic) bond motifs is 3. The van der Waals surface area contributed by atoms with Gasteiger partial charge in [-0.2, -0.15) is 0 Å². The van der Waals surface area contributed by atoms with Crippen molar-refractivity contribution >= 4 is 27.5 Å². The number of anilines is 1. The van der Waals surface area contributed by atoms with Crippen LogP contribution in [0, 0.1) is 26.6 Å². The molecule has 2 aromatic carbocycles. The molecule has 0 bridgehead atoms. The van der Waals surface area contributed by atoms with Crippen molar-refractivity contribution in [3.05, 3.63) is 78.2 Å². The molecular formula is C21H19FMnN4O. The Hall–Kier alpha value is -2.63. The quantitative estimate of drug-likeness (QED) is 0.406. The van der Waals surface area contributed by atoms with Gasteiger partial charge in [0.25, 0.3) is 5.56 Å². The van der Waals surface area contributed by atoms with E-state index in [4.69, 9.17) is 0 Å². The Balaban J connectivity index is 0.00000225. The first-order valence-electron chi connectivity index (χ1n) is 8.68. The summed E-state index contributed by atoms with van der Waals surface area (Å²) < 4.78 is 16.2. The molecule has 0 aliphatic carbocycles. The maximum atomic E-state index is 14.8. The van der Waals surface area contributed by atoms with Crippen LogP contribution >= 0.6 is 0 Å². The maximum Gasteiger partial charge on any atom is 2.00 e. The van der Waals surface area contributed by atoms with Crippen LogP contribution in [0.1, 0.15) is 5.69 Å². The topological polar surface area (TPSA) is 53.9 Å². The van der Waals surface area contributed by atoms with Gasteiger partial charge in [-0.3, -0.25) is 14.9 Å². The SMILES string of the molecule is [CH2-]CN(C[CH2-])c1cc2nc(C)c3c(=O)n(-c4ccccc4)[nH]c3c2cc1F.[Mn+2]. The third kappa shape index (κ3) is 3.10. The van der Waals surface area contributed by atoms with Crippen LogP contribution in [-0.4, -0.2) is 27.9 Å². The molecule has 0 atom stereocenters. The van der Waals surface area contributed by atoms with E-state index in [1.807, 2.05) is 30.3 Å². The van der Waals surface area contributed by atoms with Gasteiger partial charge in [-0.25, -0.2) is 9.07 Å². The maximum absolute atomic E-state index is 14.8. The van der Waals surface area contributed by atoms with Gasteiger partial charge in [-0.05, 0) is 31.2 Å². The van der Waals surface area contributed by atoms with Crippen molar-refractivity contribution in [3.63, 3.8) is 0 Å². The molecule has 0 aliphatic heterocycles. The number of aryl methyl sites for hydroxylation is 1. The van der Waals surface area contributed by atoms with E-state index in [0.717, 1.165) is 0 Å². The summed E-state index contributed by atoms with van der Waals surface area (Å²) in [4.78, 5) is 19.2. The largest absolute Gasteiger partial charge is 2.00 e. The Morgan fingerprint density at radius 3 is 2.50 bits per heavy atom. The zero-order valence-electron chi connectivity index (χ0n) is 15.4. The molecule has 1 N–H and O–H groups in total. The summed E-state index contributed by atoms with van der Waals surface area (Å²) in [5.74, 6) is -0.393. The minimum absolute atomic E-state index is 0. The third-order valence-electron chi connectivity index (χ3n) is 4.77. The molecular weight excluding hydrogens is 398 g/mol. The van der Waals surface area contributed by atoms with Gasteiger partial charge in [0.1, 0.15) is 5.82 Å². The summed E-state index contributed by atoms with van der Waals surface area (Å²) in [6.45, 7) is 10.2. The van der Waals surface area contributed by atoms with Gasteiger partial charge in [-0.1, -0.05) is 18.2 Å². The summed E-state index contributed by atoms with van der Waals surface area (Å²) in [7, 11) is 0. The van der Waals surface area contributed by atoms with Crippen molar-refractivity contribution in [1.82, 2.24) is 14.8 Å². The number of nitrogens with one attached hydrogen (secondary N) is 1. The van der Waals surface area contributed by atoms with Gasteiger partial charge in [0.15, 0.2) is 0 Å². The second-order valence-electron chi connectivity index (χ2n) is 6.34. The predicted octanol–water partition coefficient (Wildman–Crippen LogP) is 3.79. The molecule has 0 spiro atoms. The zero-order valence-corrected chi connectivity index (χ0v) is 16.6. The number of aromatic amines is 1. The summed E-state index contributed by atoms with van der Waals surface area (Å²) in [6, 6.07) is 12.4. The molecule has 5 nitrogen and oxygen atoms in total. The monoisotopic (exact) mass is 417 g/mol. The molecule has 0 unspecified atom stereocenters. The van der Waals surface area contributed by atoms with Gasteiger partial charge < -0.3 is 18.7 Å². The van der Waals surface area contributed by atoms with Gasteiger partial charge in [-0.15, -0.1) is 13.1 Å². The smallest absolute Gasteiger partial charge is 0.429 e. The van der Waals surface area contributed by atoms with Crippen molar-refractivity contribution in [2.24, 2.45) is 0 Å². The number of hydrogen-bond acceptors (Lipinski definition) is 3. The van der Waals surface area contributed by atoms with Gasteiger partial charge in [0.05, 0.1) is 33.5 Å². The molecule has 0 saturated heterocycles. The summed E-state index contributed by atoms with van der Waals surface area (Å²) in [5.41, 5.74) is 2.70. The molecule has 2 heterocycles. The number of pyridine rings is 1. The van der Waals surface area contributed by atoms with Crippen LogP contribution in [0.25, 0.3) is 27.5 Å². The first-order chi connectivity index (χ1) is 13.0. The van der Waals surface area contributed by atoms with Gasteiger partial charge >= 0.3 is 17.1 Å². The third-order valence-corrected chi connectivity index (χ3v) is 4.77. The van der Waals surface area contributed by atoms with E-state index in [0.29, 0.717) is 52.0 Å². The number of nitrogens with zero attached hydrogens (tertiary/aromatic N) is 3. The van der Waals surface area contributed by atoms with Crippen LogP contribution < -0.4 is 10.5 Å². The van der Waals surface area contributed by atoms with Crippen molar-refractivity contribution in [2.75, 3.05) is 18.0 Å². The molecule has 4 aromatic rings. The number of H-pyrrole nitrogens is 1. The fraction of sp³-hybridized carbons (Fsp3) is 0.143. The second kappa shape index (κ2) is 7.78. The second-order valence-corrected chi connectivity index (χ2v) is 6.34. The number of hydrogen-bond donors (Lipinski definition) is 1. The molecule has 2 aromatic heterocycles. The van der Waals surface area contributed by atoms with Crippen LogP contribution in [0.3, 0.4) is 0 Å². The van der Waals surface area contributed by atoms with Crippen molar-refractivity contribution in [1.29, 1.82) is 0 Å². The van der Waals surface area contributed by atoms with E-state index >= 15 is 0 Å². The fourth-order valence-corrected chi connectivity index (χ4v) is 3.40.